The zero-order chi connectivity index (χ0) is 73.9. The third-order valence-corrected chi connectivity index (χ3v) is 22.9. The maximum atomic E-state index is 2.66. The van der Waals surface area contributed by atoms with Crippen LogP contribution in [0.2, 0.25) is 0 Å². The smallest absolute Gasteiger partial charge is 0.252 e. The van der Waals surface area contributed by atoms with Gasteiger partial charge in [-0.15, -0.1) is 0 Å². The van der Waals surface area contributed by atoms with Gasteiger partial charge in [-0.05, 0) is 227 Å². The van der Waals surface area contributed by atoms with Gasteiger partial charge in [-0.1, -0.05) is 284 Å². The van der Waals surface area contributed by atoms with Crippen LogP contribution in [0.3, 0.4) is 0 Å². The van der Waals surface area contributed by atoms with Crippen molar-refractivity contribution >= 4 is 118 Å². The van der Waals surface area contributed by atoms with E-state index in [1.165, 1.54) is 54.6 Å². The lowest BCUT2D eigenvalue weighted by Gasteiger charge is -2.45. The average Bonchev–Trinajstić information content (AvgIpc) is 0.732. The molecule has 2 aromatic heterocycles. The van der Waals surface area contributed by atoms with Crippen molar-refractivity contribution in [3.05, 3.63) is 387 Å². The maximum absolute atomic E-state index is 2.66. The van der Waals surface area contributed by atoms with Crippen molar-refractivity contribution in [3.8, 4) is 67.0 Å². The topological polar surface area (TPSA) is 19.6 Å². The summed E-state index contributed by atoms with van der Waals surface area (Å²) in [5.41, 5.74) is 34.0. The van der Waals surface area contributed by atoms with Crippen molar-refractivity contribution in [2.75, 3.05) is 14.7 Å². The van der Waals surface area contributed by atoms with Gasteiger partial charge < -0.3 is 23.8 Å². The number of nitrogens with zero attached hydrogens (tertiary/aromatic N) is 5. The molecule has 2 aliphatic heterocycles. The molecule has 18 aromatic rings. The third-order valence-electron chi connectivity index (χ3n) is 22.9. The number of benzene rings is 16. The Morgan fingerprint density at radius 2 is 0.555 bits per heavy atom. The summed E-state index contributed by atoms with van der Waals surface area (Å²) in [5, 5.41) is 4.80. The molecule has 0 N–H and O–H groups in total. The van der Waals surface area contributed by atoms with Crippen molar-refractivity contribution in [1.82, 2.24) is 9.13 Å². The molecule has 16 aromatic carbocycles. The molecule has 20 rings (SSSR count). The van der Waals surface area contributed by atoms with E-state index in [1.807, 2.05) is 0 Å². The Kier molecular flexibility index (Phi) is 15.7. The van der Waals surface area contributed by atoms with Crippen LogP contribution in [-0.4, -0.2) is 15.8 Å². The summed E-state index contributed by atoms with van der Waals surface area (Å²) in [7, 11) is 0. The molecule has 4 heterocycles. The Morgan fingerprint density at radius 1 is 0.227 bits per heavy atom. The molecule has 0 atom stereocenters. The molecule has 5 nitrogen and oxygen atoms in total. The van der Waals surface area contributed by atoms with E-state index in [0.717, 1.165) is 135 Å². The van der Waals surface area contributed by atoms with Gasteiger partial charge in [0.05, 0.1) is 22.1 Å². The van der Waals surface area contributed by atoms with Gasteiger partial charge in [-0.25, -0.2) is 0 Å². The van der Waals surface area contributed by atoms with Gasteiger partial charge in [0, 0.05) is 84.1 Å². The zero-order valence-electron chi connectivity index (χ0n) is 62.6. The van der Waals surface area contributed by atoms with E-state index in [-0.39, 0.29) is 17.5 Å². The Labute approximate surface area is 644 Å². The molecular formula is C104H80BN5. The molecule has 0 amide bonds. The molecule has 0 radical (unpaired) electrons. The fourth-order valence-corrected chi connectivity index (χ4v) is 17.5. The second-order valence-electron chi connectivity index (χ2n) is 31.7. The van der Waals surface area contributed by atoms with Crippen LogP contribution in [0, 0.1) is 0 Å². The molecule has 0 saturated carbocycles. The summed E-state index contributed by atoms with van der Waals surface area (Å²) in [4.78, 5) is 7.68. The summed E-state index contributed by atoms with van der Waals surface area (Å²) in [6.07, 6.45) is 0. The van der Waals surface area contributed by atoms with Gasteiger partial charge in [0.15, 0.2) is 0 Å². The molecule has 0 bridgehead atoms. The maximum Gasteiger partial charge on any atom is 0.252 e. The standard InChI is InChI=1S/C104H80BN5/c1-103(2,3)79-57-77(58-80(65-79)104(4,5)6)78-63-100-102-101(64-78)110(87-61-75(71-35-17-9-18-36-71)56-76(62-87)72-37-19-10-20-38-72)99-68-85(108-96-48-30-27-45-90(96)91-66-83(51-54-97(91)108)106(81-39-21-11-22-40-81)82-41-23-12-24-42-82)50-53-93(99)105(102)92-52-49-84(107-94-46-28-25-43-88(94)89-44-26-29-47-95(89)107)67-98(92)109(100)86-59-73(69-31-13-7-14-32-69)55-74(60-86)70-33-15-8-16-34-70/h7-68H,1-6H3. The highest BCUT2D eigenvalue weighted by Gasteiger charge is 2.45. The number of hydrogen-bond acceptors (Lipinski definition) is 3. The minimum absolute atomic E-state index is 0.159. The SMILES string of the molecule is CC(C)(C)c1cc(-c2cc3c4c(c2)N(c2cc(-c5ccccc5)cc(-c5ccccc5)c2)c2cc(-n5c6ccccc6c6cc(N(c7ccccc7)c7ccccc7)ccc65)ccc2B4c2ccc(-n4c5ccccc5c5ccccc54)cc2N3c2cc(-c3ccccc3)cc(-c3ccccc3)c2)cc(C(C)(C)C)c1. The van der Waals surface area contributed by atoms with E-state index < -0.39 is 0 Å². The zero-order valence-corrected chi connectivity index (χ0v) is 62.6. The summed E-state index contributed by atoms with van der Waals surface area (Å²) in [6.45, 7) is 13.9. The molecule has 0 fully saturated rings. The first-order chi connectivity index (χ1) is 53.8. The van der Waals surface area contributed by atoms with Crippen molar-refractivity contribution in [2.45, 2.75) is 52.4 Å². The van der Waals surface area contributed by atoms with Crippen LogP contribution >= 0.6 is 0 Å². The molecule has 110 heavy (non-hydrogen) atoms. The van der Waals surface area contributed by atoms with E-state index in [0.29, 0.717) is 0 Å². The molecule has 524 valence electrons. The van der Waals surface area contributed by atoms with E-state index in [1.54, 1.807) is 0 Å². The highest BCUT2D eigenvalue weighted by atomic mass is 15.2. The first-order valence-corrected chi connectivity index (χ1v) is 38.5. The molecule has 6 heteroatoms. The van der Waals surface area contributed by atoms with E-state index in [2.05, 4.69) is 441 Å². The predicted molar refractivity (Wildman–Crippen MR) is 468 cm³/mol. The number of fused-ring (bicyclic) bond motifs is 10. The molecule has 0 saturated heterocycles. The fraction of sp³-hybridized carbons (Fsp3) is 0.0769. The van der Waals surface area contributed by atoms with Gasteiger partial charge in [0.1, 0.15) is 0 Å². The summed E-state index contributed by atoms with van der Waals surface area (Å²) in [5.74, 6) is 0. The van der Waals surface area contributed by atoms with Crippen molar-refractivity contribution in [2.24, 2.45) is 0 Å². The van der Waals surface area contributed by atoms with E-state index >= 15 is 0 Å². The van der Waals surface area contributed by atoms with Gasteiger partial charge in [0.25, 0.3) is 6.71 Å². The van der Waals surface area contributed by atoms with Crippen LogP contribution in [0.4, 0.5) is 51.2 Å². The Morgan fingerprint density at radius 3 is 0.936 bits per heavy atom. The molecule has 0 aliphatic carbocycles. The molecular weight excluding hydrogens is 1330 g/mol. The second-order valence-corrected chi connectivity index (χ2v) is 31.7. The quantitative estimate of drug-likeness (QED) is 0.114. The van der Waals surface area contributed by atoms with Crippen LogP contribution in [0.5, 0.6) is 0 Å². The average molecular weight is 1410 g/mol. The lowest BCUT2D eigenvalue weighted by molar-refractivity contribution is 0.569. The molecule has 0 unspecified atom stereocenters. The summed E-state index contributed by atoms with van der Waals surface area (Å²) >= 11 is 0. The van der Waals surface area contributed by atoms with Crippen LogP contribution in [0.15, 0.2) is 376 Å². The Bertz CT molecular complexity index is 6370. The lowest BCUT2D eigenvalue weighted by Crippen LogP contribution is -2.61. The number of rotatable bonds is 12. The van der Waals surface area contributed by atoms with Gasteiger partial charge in [0.2, 0.25) is 0 Å². The first kappa shape index (κ1) is 66.1. The highest BCUT2D eigenvalue weighted by Crippen LogP contribution is 2.51. The normalized spacial score (nSPS) is 12.6. The fourth-order valence-electron chi connectivity index (χ4n) is 17.5. The second kappa shape index (κ2) is 26.2. The lowest BCUT2D eigenvalue weighted by atomic mass is 9.33. The van der Waals surface area contributed by atoms with Crippen molar-refractivity contribution < 1.29 is 0 Å². The van der Waals surface area contributed by atoms with Crippen LogP contribution in [0.25, 0.3) is 111 Å². The number of aromatic nitrogens is 2. The van der Waals surface area contributed by atoms with Crippen molar-refractivity contribution in [3.63, 3.8) is 0 Å². The largest absolute Gasteiger partial charge is 0.311 e. The minimum Gasteiger partial charge on any atom is -0.311 e. The predicted octanol–water partition coefficient (Wildman–Crippen LogP) is 26.4. The van der Waals surface area contributed by atoms with Crippen LogP contribution in [-0.2, 0) is 10.8 Å². The number of anilines is 9. The Hall–Kier alpha value is -13.4. The van der Waals surface area contributed by atoms with Crippen molar-refractivity contribution in [1.29, 1.82) is 0 Å². The summed E-state index contributed by atoms with van der Waals surface area (Å²) < 4.78 is 5.00. The first-order valence-electron chi connectivity index (χ1n) is 38.5. The third kappa shape index (κ3) is 11.3. The van der Waals surface area contributed by atoms with Gasteiger partial charge >= 0.3 is 0 Å². The van der Waals surface area contributed by atoms with Gasteiger partial charge in [-0.2, -0.15) is 0 Å². The van der Waals surface area contributed by atoms with Crippen LogP contribution < -0.4 is 31.1 Å². The molecule has 0 spiro atoms. The van der Waals surface area contributed by atoms with Crippen LogP contribution in [0.1, 0.15) is 52.7 Å². The van der Waals surface area contributed by atoms with Gasteiger partial charge in [-0.3, -0.25) is 0 Å². The number of para-hydroxylation sites is 5. The van der Waals surface area contributed by atoms with E-state index in [4.69, 9.17) is 0 Å². The van der Waals surface area contributed by atoms with E-state index in [9.17, 15) is 0 Å². The monoisotopic (exact) mass is 1410 g/mol. The highest BCUT2D eigenvalue weighted by molar-refractivity contribution is 7.00. The minimum atomic E-state index is -0.252. The number of hydrogen-bond donors (Lipinski definition) is 0. The Balaban J connectivity index is 0.920. The summed E-state index contributed by atoms with van der Waals surface area (Å²) in [6, 6.07) is 141. The molecule has 2 aliphatic rings.